The molecule has 1 fully saturated rings. The normalized spacial score (nSPS) is 30.7. The summed E-state index contributed by atoms with van der Waals surface area (Å²) in [4.78, 5) is 77.9. The maximum absolute atomic E-state index is 15.0. The fraction of sp³-hybridized carbons (Fsp3) is 0.469. The molecule has 4 N–H and O–H groups in total. The average molecular weight is 898 g/mol. The molecule has 1 amide bonds. The Morgan fingerprint density at radius 3 is 2.25 bits per heavy atom. The van der Waals surface area contributed by atoms with Crippen LogP contribution in [0, 0.1) is 30.6 Å². The van der Waals surface area contributed by atoms with E-state index in [1.807, 2.05) is 30.3 Å². The minimum atomic E-state index is -2.10. The van der Waals surface area contributed by atoms with Crippen LogP contribution >= 0.6 is 0 Å². The summed E-state index contributed by atoms with van der Waals surface area (Å²) < 4.78 is 23.7. The van der Waals surface area contributed by atoms with Gasteiger partial charge in [-0.2, -0.15) is 0 Å². The minimum Gasteiger partial charge on any atom is -0.507 e. The van der Waals surface area contributed by atoms with Crippen LogP contribution in [0.4, 0.5) is 0 Å². The third kappa shape index (κ3) is 9.80. The Balaban J connectivity index is 1.43. The van der Waals surface area contributed by atoms with Crippen molar-refractivity contribution in [2.45, 2.75) is 105 Å². The Morgan fingerprint density at radius 1 is 0.923 bits per heavy atom. The second-order valence-electron chi connectivity index (χ2n) is 17.4. The van der Waals surface area contributed by atoms with E-state index in [2.05, 4.69) is 10.5 Å². The molecule has 0 aromatic heterocycles. The first-order valence-corrected chi connectivity index (χ1v) is 21.8. The third-order valence-electron chi connectivity index (χ3n) is 12.9. The van der Waals surface area contributed by atoms with Gasteiger partial charge in [0, 0.05) is 81.7 Å². The van der Waals surface area contributed by atoms with E-state index in [1.165, 1.54) is 53.2 Å². The number of allylic oxidation sites excluding steroid dienone is 4. The fourth-order valence-electron chi connectivity index (χ4n) is 8.83. The molecule has 348 valence electrons. The van der Waals surface area contributed by atoms with E-state index < -0.39 is 94.4 Å². The molecule has 0 radical (unpaired) electrons. The maximum Gasteiger partial charge on any atom is 0.312 e. The van der Waals surface area contributed by atoms with Crippen molar-refractivity contribution >= 4 is 34.9 Å². The second-order valence-corrected chi connectivity index (χ2v) is 17.4. The van der Waals surface area contributed by atoms with Gasteiger partial charge in [0.25, 0.3) is 11.7 Å². The Kier molecular flexibility index (Phi) is 14.9. The summed E-state index contributed by atoms with van der Waals surface area (Å²) in [7, 11) is 1.43. The average Bonchev–Trinajstić information content (AvgIpc) is 3.55. The van der Waals surface area contributed by atoms with Crippen LogP contribution in [0.3, 0.4) is 0 Å². The van der Waals surface area contributed by atoms with Crippen LogP contribution in [-0.2, 0) is 35.2 Å². The molecule has 4 aliphatic heterocycles. The van der Waals surface area contributed by atoms with E-state index in [0.717, 1.165) is 11.3 Å². The summed E-state index contributed by atoms with van der Waals surface area (Å²) in [5.41, 5.74) is 0.0966. The molecule has 2 aromatic carbocycles. The van der Waals surface area contributed by atoms with Crippen molar-refractivity contribution < 1.29 is 63.1 Å². The van der Waals surface area contributed by atoms with Gasteiger partial charge in [0.05, 0.1) is 47.0 Å². The predicted octanol–water partition coefficient (Wildman–Crippen LogP) is 5.63. The molecule has 0 saturated carbocycles. The fourth-order valence-corrected chi connectivity index (χ4v) is 8.83. The first-order chi connectivity index (χ1) is 30.8. The highest BCUT2D eigenvalue weighted by molar-refractivity contribution is 6.32. The van der Waals surface area contributed by atoms with Gasteiger partial charge >= 0.3 is 11.8 Å². The van der Waals surface area contributed by atoms with Gasteiger partial charge in [-0.05, 0) is 25.5 Å². The molecule has 7 rings (SSSR count). The predicted molar refractivity (Wildman–Crippen MR) is 238 cm³/mol. The first-order valence-electron chi connectivity index (χ1n) is 21.8. The molecule has 0 spiro atoms. The molecule has 5 aliphatic rings. The van der Waals surface area contributed by atoms with Crippen LogP contribution in [0.5, 0.6) is 11.5 Å². The zero-order valence-corrected chi connectivity index (χ0v) is 38.2. The molecule has 2 aromatic rings. The number of phenolic OH excluding ortho intramolecular Hbond substituents is 1. The summed E-state index contributed by atoms with van der Waals surface area (Å²) in [6, 6.07) is 9.53. The number of phenols is 1. The monoisotopic (exact) mass is 897 g/mol. The number of aromatic hydroxyl groups is 1. The summed E-state index contributed by atoms with van der Waals surface area (Å²) in [6.07, 6.45) is 4.08. The van der Waals surface area contributed by atoms with Gasteiger partial charge in [-0.15, -0.1) is 0 Å². The van der Waals surface area contributed by atoms with Crippen molar-refractivity contribution in [2.75, 3.05) is 20.2 Å². The number of likely N-dealkylation sites (tertiary alicyclic amines) is 1. The number of fused-ring (bicyclic) bond motifs is 14. The van der Waals surface area contributed by atoms with E-state index in [4.69, 9.17) is 23.8 Å². The van der Waals surface area contributed by atoms with E-state index >= 15 is 4.79 Å². The van der Waals surface area contributed by atoms with Crippen LogP contribution in [0.15, 0.2) is 83.0 Å². The Morgan fingerprint density at radius 2 is 1.60 bits per heavy atom. The zero-order valence-electron chi connectivity index (χ0n) is 38.2. The largest absolute Gasteiger partial charge is 0.507 e. The number of methoxy groups -OCH3 is 1. The molecular weight excluding hydrogens is 839 g/mol. The van der Waals surface area contributed by atoms with Crippen LogP contribution < -0.4 is 10.1 Å². The molecule has 65 heavy (non-hydrogen) atoms. The number of aliphatic hydroxyl groups excluding tert-OH is 2. The topological polar surface area (TPSA) is 220 Å². The third-order valence-corrected chi connectivity index (χ3v) is 12.9. The number of benzene rings is 2. The lowest BCUT2D eigenvalue weighted by Gasteiger charge is -2.38. The van der Waals surface area contributed by atoms with Crippen LogP contribution in [-0.4, -0.2) is 106 Å². The lowest BCUT2D eigenvalue weighted by Crippen LogP contribution is -2.46. The molecule has 1 saturated heterocycles. The summed E-state index contributed by atoms with van der Waals surface area (Å²) in [5, 5.41) is 41.6. The number of amides is 1. The number of hydrogen-bond acceptors (Lipinski definition) is 15. The molecule has 5 bridgehead atoms. The number of carbonyl (C=O) groups is 5. The zero-order chi connectivity index (χ0) is 47.5. The smallest absolute Gasteiger partial charge is 0.312 e. The highest BCUT2D eigenvalue weighted by Crippen LogP contribution is 2.49. The minimum absolute atomic E-state index is 0.00885. The molecule has 9 atom stereocenters. The van der Waals surface area contributed by atoms with E-state index in [0.29, 0.717) is 12.8 Å². The number of carbonyl (C=O) groups excluding carboxylic acids is 5. The number of aliphatic hydroxyl groups is 2. The van der Waals surface area contributed by atoms with Crippen molar-refractivity contribution in [3.05, 3.63) is 106 Å². The number of Topliss-reactive ketones (excluding diaryl/α,β-unsaturated/α-hetero) is 3. The molecule has 16 heteroatoms. The van der Waals surface area contributed by atoms with Crippen LogP contribution in [0.1, 0.15) is 104 Å². The summed E-state index contributed by atoms with van der Waals surface area (Å²) >= 11 is 0. The number of rotatable bonds is 6. The van der Waals surface area contributed by atoms with Crippen molar-refractivity contribution in [3.63, 3.8) is 0 Å². The number of piperidine rings is 1. The number of ether oxygens (including phenoxy) is 4. The molecule has 16 nitrogen and oxygen atoms in total. The van der Waals surface area contributed by atoms with Crippen molar-refractivity contribution in [1.29, 1.82) is 0 Å². The second kappa shape index (κ2) is 20.0. The maximum atomic E-state index is 15.0. The number of hydrogen-bond donors (Lipinski definition) is 4. The standard InChI is InChI=1S/C49H59N3O13/c1-25-14-13-15-26(2)48(60)50-38-39(52-21-18-33(19-22-52)51-63-24-32-16-11-10-12-17-32)44(58)35-36(43(38)57)42(56)30(6)46-37(35)47(59)49(8,65-46)62-23-20-34(61-9)27(3)45(64-31(7)53)29(5)41(55)28(4)40(25)54/h10-17,20,23,25,27-29,34,40-41,45,54-56H,18-19,21-22,24H2,1-9H3,(H,50,60)/b14-13+,23-20+,26-15-/t25-,27+,28+,29+,34-,40-,41+,45+,49-/m0/s1. The van der Waals surface area contributed by atoms with E-state index in [1.54, 1.807) is 44.7 Å². The lowest BCUT2D eigenvalue weighted by atomic mass is 9.78. The van der Waals surface area contributed by atoms with Crippen LogP contribution in [0.2, 0.25) is 0 Å². The van der Waals surface area contributed by atoms with Gasteiger partial charge in [0.15, 0.2) is 0 Å². The van der Waals surface area contributed by atoms with Gasteiger partial charge in [-0.3, -0.25) is 24.0 Å². The quantitative estimate of drug-likeness (QED) is 0.204. The SMILES string of the molecule is CO[C@H]1/C=C/O[C@@]2(C)Oc3c(C)c(O)c4c(c3C2=O)C(=O)C(N2CCC(=NOCc3ccccc3)CC2)=C(NC(=O)/C(C)=C\C=C\[C@H](C)[C@H](O)[C@@H](C)[C@@H](O)[C@@H](C)[C@H](OC(C)=O)[C@@H]1C)C4=O. The number of nitrogens with one attached hydrogen (secondary N) is 1. The Hall–Kier alpha value is -6.10. The van der Waals surface area contributed by atoms with Gasteiger partial charge in [0.1, 0.15) is 35.6 Å². The number of nitrogens with zero attached hydrogens (tertiary/aromatic N) is 2. The molecule has 0 unspecified atom stereocenters. The lowest BCUT2D eigenvalue weighted by molar-refractivity contribution is -0.160. The van der Waals surface area contributed by atoms with Gasteiger partial charge in [-0.25, -0.2) is 0 Å². The Bertz CT molecular complexity index is 2360. The molecular formula is C49H59N3O13. The van der Waals surface area contributed by atoms with Crippen molar-refractivity contribution in [1.82, 2.24) is 10.2 Å². The highest BCUT2D eigenvalue weighted by Gasteiger charge is 2.53. The molecule has 4 heterocycles. The highest BCUT2D eigenvalue weighted by atomic mass is 16.7. The van der Waals surface area contributed by atoms with Crippen molar-refractivity contribution in [2.24, 2.45) is 28.8 Å². The van der Waals surface area contributed by atoms with Gasteiger partial charge in [0.2, 0.25) is 11.6 Å². The van der Waals surface area contributed by atoms with Gasteiger partial charge in [-0.1, -0.05) is 81.4 Å². The number of oxime groups is 1. The first kappa shape index (κ1) is 48.4. The number of esters is 1. The summed E-state index contributed by atoms with van der Waals surface area (Å²) in [6.45, 7) is 13.0. The van der Waals surface area contributed by atoms with Gasteiger partial charge < -0.3 is 49.3 Å². The molecule has 1 aliphatic carbocycles. The summed E-state index contributed by atoms with van der Waals surface area (Å²) in [5.74, 6) is -9.27. The van der Waals surface area contributed by atoms with Crippen molar-refractivity contribution in [3.8, 4) is 11.5 Å². The van der Waals surface area contributed by atoms with E-state index in [9.17, 15) is 34.5 Å². The van der Waals surface area contributed by atoms with E-state index in [-0.39, 0.29) is 59.1 Å². The Labute approximate surface area is 378 Å². The number of ketones is 3. The van der Waals surface area contributed by atoms with Crippen LogP contribution in [0.25, 0.3) is 0 Å².